The molecule has 1 aromatic carbocycles. The predicted octanol–water partition coefficient (Wildman–Crippen LogP) is 0.873. The second-order valence-corrected chi connectivity index (χ2v) is 8.34. The summed E-state index contributed by atoms with van der Waals surface area (Å²) < 4.78 is 42.2. The first-order valence-corrected chi connectivity index (χ1v) is 10.0. The molecule has 0 unspecified atom stereocenters. The zero-order chi connectivity index (χ0) is 19.3. The van der Waals surface area contributed by atoms with E-state index in [0.717, 1.165) is 0 Å². The van der Waals surface area contributed by atoms with Crippen molar-refractivity contribution in [2.45, 2.75) is 26.1 Å². The van der Waals surface area contributed by atoms with Crippen LogP contribution in [0.5, 0.6) is 11.5 Å². The first-order chi connectivity index (χ1) is 12.2. The summed E-state index contributed by atoms with van der Waals surface area (Å²) in [6, 6.07) is 4.79. The van der Waals surface area contributed by atoms with Gasteiger partial charge in [0, 0.05) is 31.3 Å². The molecule has 0 radical (unpaired) electrons. The molecule has 0 bridgehead atoms. The van der Waals surface area contributed by atoms with Crippen molar-refractivity contribution in [2.75, 3.05) is 39.6 Å². The molecule has 0 aliphatic carbocycles. The number of carbonyl (C=O) groups is 1. The number of ether oxygens (including phenoxy) is 3. The Hall–Kier alpha value is -1.84. The van der Waals surface area contributed by atoms with Crippen molar-refractivity contribution >= 4 is 15.9 Å². The van der Waals surface area contributed by atoms with Crippen LogP contribution in [0.1, 0.15) is 24.2 Å². The van der Waals surface area contributed by atoms with Gasteiger partial charge in [-0.2, -0.15) is 4.31 Å². The van der Waals surface area contributed by atoms with Crippen molar-refractivity contribution in [3.8, 4) is 11.5 Å². The third kappa shape index (κ3) is 5.33. The summed E-state index contributed by atoms with van der Waals surface area (Å²) in [4.78, 5) is 12.3. The highest BCUT2D eigenvalue weighted by Crippen LogP contribution is 2.22. The van der Waals surface area contributed by atoms with E-state index in [1.54, 1.807) is 18.2 Å². The molecule has 0 aromatic heterocycles. The fourth-order valence-electron chi connectivity index (χ4n) is 2.82. The average Bonchev–Trinajstić information content (AvgIpc) is 2.60. The molecule has 1 fully saturated rings. The van der Waals surface area contributed by atoms with E-state index in [9.17, 15) is 13.2 Å². The van der Waals surface area contributed by atoms with Gasteiger partial charge in [-0.3, -0.25) is 4.79 Å². The molecule has 1 saturated heterocycles. The number of nitrogens with one attached hydrogen (secondary N) is 1. The Labute approximate surface area is 154 Å². The van der Waals surface area contributed by atoms with Crippen molar-refractivity contribution in [1.29, 1.82) is 0 Å². The van der Waals surface area contributed by atoms with E-state index in [2.05, 4.69) is 5.32 Å². The Morgan fingerprint density at radius 2 is 1.69 bits per heavy atom. The summed E-state index contributed by atoms with van der Waals surface area (Å²) in [5, 5.41) is 2.63. The minimum atomic E-state index is -3.46. The maximum Gasteiger partial charge on any atom is 0.251 e. The average molecular weight is 386 g/mol. The molecule has 1 aliphatic rings. The molecule has 26 heavy (non-hydrogen) atoms. The number of hydrogen-bond acceptors (Lipinski definition) is 6. The normalized spacial score (nSPS) is 21.2. The van der Waals surface area contributed by atoms with Gasteiger partial charge in [0.15, 0.2) is 0 Å². The molecule has 1 heterocycles. The van der Waals surface area contributed by atoms with E-state index < -0.39 is 10.0 Å². The standard InChI is InChI=1S/C17H26N2O6S/c1-12-10-19(11-13(2)25-12)26(21,22)6-5-18-17(20)14-7-15(23-3)9-16(8-14)24-4/h7-9,12-13H,5-6,10-11H2,1-4H3,(H,18,20)/t12-,13+. The van der Waals surface area contributed by atoms with Crippen LogP contribution in [-0.4, -0.2) is 70.4 Å². The van der Waals surface area contributed by atoms with Gasteiger partial charge in [0.05, 0.1) is 32.2 Å². The third-order valence-electron chi connectivity index (χ3n) is 4.04. The molecule has 2 atom stereocenters. The lowest BCUT2D eigenvalue weighted by Gasteiger charge is -2.34. The summed E-state index contributed by atoms with van der Waals surface area (Å²) in [6.45, 7) is 4.36. The molecule has 1 amide bonds. The fourth-order valence-corrected chi connectivity index (χ4v) is 4.31. The van der Waals surface area contributed by atoms with Gasteiger partial charge in [-0.1, -0.05) is 0 Å². The first kappa shape index (κ1) is 20.5. The van der Waals surface area contributed by atoms with Crippen molar-refractivity contribution in [2.24, 2.45) is 0 Å². The highest BCUT2D eigenvalue weighted by molar-refractivity contribution is 7.89. The Morgan fingerprint density at radius 1 is 1.15 bits per heavy atom. The fraction of sp³-hybridized carbons (Fsp3) is 0.588. The van der Waals surface area contributed by atoms with Crippen LogP contribution in [-0.2, 0) is 14.8 Å². The maximum atomic E-state index is 12.5. The number of methoxy groups -OCH3 is 2. The quantitative estimate of drug-likeness (QED) is 0.747. The summed E-state index contributed by atoms with van der Waals surface area (Å²) in [7, 11) is -0.477. The molecular formula is C17H26N2O6S. The van der Waals surface area contributed by atoms with Gasteiger partial charge >= 0.3 is 0 Å². The SMILES string of the molecule is COc1cc(OC)cc(C(=O)NCCS(=O)(=O)N2C[C@@H](C)O[C@@H](C)C2)c1. The van der Waals surface area contributed by atoms with Crippen molar-refractivity contribution in [3.63, 3.8) is 0 Å². The van der Waals surface area contributed by atoms with E-state index in [4.69, 9.17) is 14.2 Å². The van der Waals surface area contributed by atoms with E-state index in [0.29, 0.717) is 30.2 Å². The monoisotopic (exact) mass is 386 g/mol. The molecular weight excluding hydrogens is 360 g/mol. The molecule has 9 heteroatoms. The van der Waals surface area contributed by atoms with Gasteiger partial charge < -0.3 is 19.5 Å². The topological polar surface area (TPSA) is 94.2 Å². The van der Waals surface area contributed by atoms with Crippen LogP contribution in [0.3, 0.4) is 0 Å². The summed E-state index contributed by atoms with van der Waals surface area (Å²) in [5.74, 6) is 0.414. The van der Waals surface area contributed by atoms with Gasteiger partial charge in [-0.25, -0.2) is 8.42 Å². The van der Waals surface area contributed by atoms with Crippen LogP contribution >= 0.6 is 0 Å². The summed E-state index contributed by atoms with van der Waals surface area (Å²) >= 11 is 0. The lowest BCUT2D eigenvalue weighted by Crippen LogP contribution is -2.49. The predicted molar refractivity (Wildman–Crippen MR) is 97.2 cm³/mol. The molecule has 1 N–H and O–H groups in total. The van der Waals surface area contributed by atoms with E-state index >= 15 is 0 Å². The second-order valence-electron chi connectivity index (χ2n) is 6.25. The third-order valence-corrected chi connectivity index (χ3v) is 5.84. The Balaban J connectivity index is 1.95. The highest BCUT2D eigenvalue weighted by atomic mass is 32.2. The number of sulfonamides is 1. The minimum absolute atomic E-state index is 0.0147. The van der Waals surface area contributed by atoms with Crippen molar-refractivity contribution < 1.29 is 27.4 Å². The van der Waals surface area contributed by atoms with Gasteiger partial charge in [0.25, 0.3) is 5.91 Å². The molecule has 146 valence electrons. The van der Waals surface area contributed by atoms with Crippen LogP contribution in [0, 0.1) is 0 Å². The number of rotatable bonds is 7. The lowest BCUT2D eigenvalue weighted by molar-refractivity contribution is -0.0440. The van der Waals surface area contributed by atoms with Gasteiger partial charge in [0.1, 0.15) is 11.5 Å². The number of nitrogens with zero attached hydrogens (tertiary/aromatic N) is 1. The number of morpholine rings is 1. The minimum Gasteiger partial charge on any atom is -0.497 e. The van der Waals surface area contributed by atoms with Gasteiger partial charge in [-0.15, -0.1) is 0 Å². The molecule has 2 rings (SSSR count). The van der Waals surface area contributed by atoms with Gasteiger partial charge in [0.2, 0.25) is 10.0 Å². The van der Waals surface area contributed by atoms with E-state index in [1.165, 1.54) is 18.5 Å². The van der Waals surface area contributed by atoms with E-state index in [1.807, 2.05) is 13.8 Å². The summed E-state index contributed by atoms with van der Waals surface area (Å²) in [5.41, 5.74) is 0.340. The van der Waals surface area contributed by atoms with Gasteiger partial charge in [-0.05, 0) is 26.0 Å². The molecule has 8 nitrogen and oxygen atoms in total. The van der Waals surface area contributed by atoms with Crippen LogP contribution in [0.4, 0.5) is 0 Å². The zero-order valence-corrected chi connectivity index (χ0v) is 16.3. The van der Waals surface area contributed by atoms with Crippen LogP contribution in [0.2, 0.25) is 0 Å². The van der Waals surface area contributed by atoms with Crippen molar-refractivity contribution in [1.82, 2.24) is 9.62 Å². The molecule has 0 spiro atoms. The number of benzene rings is 1. The number of amides is 1. The van der Waals surface area contributed by atoms with Crippen LogP contribution in [0.15, 0.2) is 18.2 Å². The Kier molecular flexibility index (Phi) is 6.85. The highest BCUT2D eigenvalue weighted by Gasteiger charge is 2.30. The molecule has 0 saturated carbocycles. The van der Waals surface area contributed by atoms with Crippen LogP contribution in [0.25, 0.3) is 0 Å². The first-order valence-electron chi connectivity index (χ1n) is 8.39. The smallest absolute Gasteiger partial charge is 0.251 e. The number of hydrogen-bond donors (Lipinski definition) is 1. The lowest BCUT2D eigenvalue weighted by atomic mass is 10.2. The summed E-state index contributed by atoms with van der Waals surface area (Å²) in [6.07, 6.45) is -0.292. The molecule has 1 aliphatic heterocycles. The maximum absolute atomic E-state index is 12.5. The largest absolute Gasteiger partial charge is 0.497 e. The van der Waals surface area contributed by atoms with Crippen molar-refractivity contribution in [3.05, 3.63) is 23.8 Å². The Morgan fingerprint density at radius 3 is 2.19 bits per heavy atom. The van der Waals surface area contributed by atoms with E-state index in [-0.39, 0.29) is 30.4 Å². The van der Waals surface area contributed by atoms with Crippen LogP contribution < -0.4 is 14.8 Å². The molecule has 1 aromatic rings. The number of carbonyl (C=O) groups excluding carboxylic acids is 1. The second kappa shape index (κ2) is 8.70. The zero-order valence-electron chi connectivity index (χ0n) is 15.5. The Bertz CT molecular complexity index is 705.